The minimum atomic E-state index is 0.346. The van der Waals surface area contributed by atoms with Crippen molar-refractivity contribution in [1.82, 2.24) is 10.2 Å². The average Bonchev–Trinajstić information content (AvgIpc) is 2.47. The molecule has 1 aromatic rings. The Hall–Kier alpha value is -1.10. The number of nitrogens with zero attached hydrogens (tertiary/aromatic N) is 1. The van der Waals surface area contributed by atoms with E-state index in [0.717, 1.165) is 38.4 Å². The van der Waals surface area contributed by atoms with Gasteiger partial charge in [0.05, 0.1) is 7.11 Å². The molecule has 0 aliphatic carbocycles. The smallest absolute Gasteiger partial charge is 0.118 e. The molecule has 114 valence electrons. The molecule has 1 N–H and O–H groups in total. The highest BCUT2D eigenvalue weighted by atomic mass is 16.5. The highest BCUT2D eigenvalue weighted by Crippen LogP contribution is 2.18. The quantitative estimate of drug-likeness (QED) is 0.667. The summed E-state index contributed by atoms with van der Waals surface area (Å²) in [5.74, 6) is 0.900. The topological polar surface area (TPSA) is 33.7 Å². The van der Waals surface area contributed by atoms with E-state index in [9.17, 15) is 0 Å². The highest BCUT2D eigenvalue weighted by molar-refractivity contribution is 5.29. The van der Waals surface area contributed by atoms with Crippen molar-refractivity contribution in [1.29, 1.82) is 0 Å². The number of likely N-dealkylation sites (N-methyl/N-ethyl adjacent to an activating group) is 2. The first kappa shape index (κ1) is 17.0. The summed E-state index contributed by atoms with van der Waals surface area (Å²) >= 11 is 0. The standard InChI is InChI=1S/C16H28N2O2/c1-5-17-16(13-18(2)11-6-12-19-3)14-7-9-15(20-4)10-8-14/h7-10,16-17H,5-6,11-13H2,1-4H3. The summed E-state index contributed by atoms with van der Waals surface area (Å²) < 4.78 is 10.3. The van der Waals surface area contributed by atoms with Crippen molar-refractivity contribution >= 4 is 0 Å². The fourth-order valence-electron chi connectivity index (χ4n) is 2.25. The zero-order valence-corrected chi connectivity index (χ0v) is 13.2. The summed E-state index contributed by atoms with van der Waals surface area (Å²) in [5, 5.41) is 3.54. The van der Waals surface area contributed by atoms with Crippen molar-refractivity contribution in [3.05, 3.63) is 29.8 Å². The van der Waals surface area contributed by atoms with Gasteiger partial charge in [0, 0.05) is 32.8 Å². The number of nitrogens with one attached hydrogen (secondary N) is 1. The van der Waals surface area contributed by atoms with Crippen LogP contribution in [0.4, 0.5) is 0 Å². The second kappa shape index (κ2) is 9.75. The molecular weight excluding hydrogens is 252 g/mol. The van der Waals surface area contributed by atoms with Crippen LogP contribution < -0.4 is 10.1 Å². The van der Waals surface area contributed by atoms with Gasteiger partial charge in [-0.15, -0.1) is 0 Å². The molecule has 0 spiro atoms. The maximum atomic E-state index is 5.21. The second-order valence-electron chi connectivity index (χ2n) is 4.99. The molecule has 0 bridgehead atoms. The number of hydrogen-bond donors (Lipinski definition) is 1. The van der Waals surface area contributed by atoms with E-state index in [2.05, 4.69) is 36.3 Å². The molecule has 4 heteroatoms. The summed E-state index contributed by atoms with van der Waals surface area (Å²) in [6, 6.07) is 8.65. The van der Waals surface area contributed by atoms with Gasteiger partial charge in [0.2, 0.25) is 0 Å². The Kier molecular flexibility index (Phi) is 8.26. The predicted molar refractivity (Wildman–Crippen MR) is 83.4 cm³/mol. The molecule has 1 atom stereocenters. The van der Waals surface area contributed by atoms with Crippen LogP contribution in [0.5, 0.6) is 5.75 Å². The second-order valence-corrected chi connectivity index (χ2v) is 4.99. The van der Waals surface area contributed by atoms with E-state index < -0.39 is 0 Å². The van der Waals surface area contributed by atoms with Crippen LogP contribution in [0.1, 0.15) is 24.9 Å². The molecule has 0 fully saturated rings. The van der Waals surface area contributed by atoms with Crippen molar-refractivity contribution in [3.8, 4) is 5.75 Å². The first-order chi connectivity index (χ1) is 9.71. The van der Waals surface area contributed by atoms with Crippen LogP contribution in [-0.4, -0.2) is 52.4 Å². The summed E-state index contributed by atoms with van der Waals surface area (Å²) in [7, 11) is 5.60. The molecule has 0 radical (unpaired) electrons. The third-order valence-electron chi connectivity index (χ3n) is 3.35. The van der Waals surface area contributed by atoms with Crippen molar-refractivity contribution < 1.29 is 9.47 Å². The number of rotatable bonds is 10. The van der Waals surface area contributed by atoms with Crippen molar-refractivity contribution in [2.24, 2.45) is 0 Å². The molecule has 1 aromatic carbocycles. The maximum absolute atomic E-state index is 5.21. The molecule has 0 amide bonds. The lowest BCUT2D eigenvalue weighted by molar-refractivity contribution is 0.176. The van der Waals surface area contributed by atoms with E-state index in [1.807, 2.05) is 12.1 Å². The van der Waals surface area contributed by atoms with Crippen LogP contribution in [-0.2, 0) is 4.74 Å². The molecule has 0 aromatic heterocycles. The SMILES string of the molecule is CCNC(CN(C)CCCOC)c1ccc(OC)cc1. The Labute approximate surface area is 123 Å². The van der Waals surface area contributed by atoms with Gasteiger partial charge in [-0.25, -0.2) is 0 Å². The Balaban J connectivity index is 2.57. The average molecular weight is 280 g/mol. The van der Waals surface area contributed by atoms with Crippen LogP contribution in [0.2, 0.25) is 0 Å². The Morgan fingerprint density at radius 1 is 1.20 bits per heavy atom. The Bertz CT molecular complexity index is 354. The van der Waals surface area contributed by atoms with Gasteiger partial charge in [-0.1, -0.05) is 19.1 Å². The molecule has 20 heavy (non-hydrogen) atoms. The largest absolute Gasteiger partial charge is 0.497 e. The Morgan fingerprint density at radius 2 is 1.90 bits per heavy atom. The van der Waals surface area contributed by atoms with Gasteiger partial charge in [-0.3, -0.25) is 0 Å². The van der Waals surface area contributed by atoms with Crippen molar-refractivity contribution in [2.75, 3.05) is 47.5 Å². The van der Waals surface area contributed by atoms with Crippen LogP contribution >= 0.6 is 0 Å². The summed E-state index contributed by atoms with van der Waals surface area (Å²) in [5.41, 5.74) is 1.30. The summed E-state index contributed by atoms with van der Waals surface area (Å²) in [4.78, 5) is 2.34. The fourth-order valence-corrected chi connectivity index (χ4v) is 2.25. The molecule has 0 saturated heterocycles. The van der Waals surface area contributed by atoms with E-state index in [4.69, 9.17) is 9.47 Å². The van der Waals surface area contributed by atoms with Gasteiger partial charge in [0.15, 0.2) is 0 Å². The van der Waals surface area contributed by atoms with E-state index in [0.29, 0.717) is 6.04 Å². The molecule has 4 nitrogen and oxygen atoms in total. The molecule has 0 heterocycles. The van der Waals surface area contributed by atoms with E-state index >= 15 is 0 Å². The van der Waals surface area contributed by atoms with Crippen LogP contribution in [0.25, 0.3) is 0 Å². The molecular formula is C16H28N2O2. The molecule has 1 unspecified atom stereocenters. The minimum absolute atomic E-state index is 0.346. The van der Waals surface area contributed by atoms with Crippen LogP contribution in [0.15, 0.2) is 24.3 Å². The van der Waals surface area contributed by atoms with Gasteiger partial charge < -0.3 is 19.7 Å². The fraction of sp³-hybridized carbons (Fsp3) is 0.625. The van der Waals surface area contributed by atoms with Crippen molar-refractivity contribution in [3.63, 3.8) is 0 Å². The van der Waals surface area contributed by atoms with Crippen LogP contribution in [0, 0.1) is 0 Å². The number of benzene rings is 1. The van der Waals surface area contributed by atoms with Crippen LogP contribution in [0.3, 0.4) is 0 Å². The van der Waals surface area contributed by atoms with Gasteiger partial charge >= 0.3 is 0 Å². The zero-order chi connectivity index (χ0) is 14.8. The molecule has 0 saturated carbocycles. The third-order valence-corrected chi connectivity index (χ3v) is 3.35. The summed E-state index contributed by atoms with van der Waals surface area (Å²) in [6.07, 6.45) is 1.06. The van der Waals surface area contributed by atoms with E-state index in [1.165, 1.54) is 5.56 Å². The normalized spacial score (nSPS) is 12.7. The maximum Gasteiger partial charge on any atom is 0.118 e. The lowest BCUT2D eigenvalue weighted by Gasteiger charge is -2.25. The number of hydrogen-bond acceptors (Lipinski definition) is 4. The monoisotopic (exact) mass is 280 g/mol. The lowest BCUT2D eigenvalue weighted by Crippen LogP contribution is -2.33. The van der Waals surface area contributed by atoms with Gasteiger partial charge in [-0.2, -0.15) is 0 Å². The van der Waals surface area contributed by atoms with Gasteiger partial charge in [-0.05, 0) is 37.7 Å². The van der Waals surface area contributed by atoms with E-state index in [1.54, 1.807) is 14.2 Å². The molecule has 0 aliphatic heterocycles. The predicted octanol–water partition coefficient (Wildman–Crippen LogP) is 2.31. The third kappa shape index (κ3) is 5.90. The summed E-state index contributed by atoms with van der Waals surface area (Å²) in [6.45, 7) is 5.96. The van der Waals surface area contributed by atoms with E-state index in [-0.39, 0.29) is 0 Å². The van der Waals surface area contributed by atoms with Gasteiger partial charge in [0.25, 0.3) is 0 Å². The van der Waals surface area contributed by atoms with Crippen molar-refractivity contribution in [2.45, 2.75) is 19.4 Å². The van der Waals surface area contributed by atoms with Gasteiger partial charge in [0.1, 0.15) is 5.75 Å². The number of methoxy groups -OCH3 is 2. The molecule has 0 aliphatic rings. The first-order valence-corrected chi connectivity index (χ1v) is 7.26. The highest BCUT2D eigenvalue weighted by Gasteiger charge is 2.12. The molecule has 1 rings (SSSR count). The lowest BCUT2D eigenvalue weighted by atomic mass is 10.1. The minimum Gasteiger partial charge on any atom is -0.497 e. The first-order valence-electron chi connectivity index (χ1n) is 7.26. The Morgan fingerprint density at radius 3 is 2.45 bits per heavy atom. The zero-order valence-electron chi connectivity index (χ0n) is 13.2. The number of ether oxygens (including phenoxy) is 2.